The largest absolute Gasteiger partial charge is 0.264 e. The van der Waals surface area contributed by atoms with Crippen molar-refractivity contribution in [3.05, 3.63) is 419 Å². The third-order valence-electron chi connectivity index (χ3n) is 24.0. The van der Waals surface area contributed by atoms with Crippen molar-refractivity contribution in [1.82, 2.24) is 94.7 Å². The van der Waals surface area contributed by atoms with Gasteiger partial charge in [0, 0.05) is 108 Å². The van der Waals surface area contributed by atoms with Gasteiger partial charge >= 0.3 is 0 Å². The van der Waals surface area contributed by atoms with Gasteiger partial charge in [0.15, 0.2) is 52.4 Å². The lowest BCUT2D eigenvalue weighted by Gasteiger charge is -2.13. The van der Waals surface area contributed by atoms with Crippen molar-refractivity contribution in [2.75, 3.05) is 0 Å². The van der Waals surface area contributed by atoms with Crippen molar-refractivity contribution in [2.24, 2.45) is 0 Å². The Morgan fingerprint density at radius 1 is 0.142 bits per heavy atom. The molecule has 0 saturated heterocycles. The number of pyridine rings is 10. The molecule has 13 heterocycles. The number of hydrogen-bond donors (Lipinski definition) is 0. The van der Waals surface area contributed by atoms with Gasteiger partial charge in [-0.1, -0.05) is 279 Å². The Morgan fingerprint density at radius 3 is 0.761 bits per heavy atom. The van der Waals surface area contributed by atoms with Crippen LogP contribution in [-0.2, 0) is 0 Å². The topological polar surface area (TPSA) is 245 Å². The first-order valence-corrected chi connectivity index (χ1v) is 43.8. The van der Waals surface area contributed by atoms with E-state index in [1.807, 2.05) is 140 Å². The summed E-state index contributed by atoms with van der Waals surface area (Å²) in [5.74, 6) is 4.53. The molecule has 0 N–H and O–H groups in total. The molecule has 0 spiro atoms. The Hall–Kier alpha value is -18.8. The molecule has 0 aliphatic carbocycles. The predicted molar refractivity (Wildman–Crippen MR) is 535 cm³/mol. The quantitative estimate of drug-likeness (QED) is 0.103. The molecular weight excluding hydrogens is 1650 g/mol. The minimum absolute atomic E-state index is 0.434. The van der Waals surface area contributed by atoms with Crippen LogP contribution in [0.5, 0.6) is 0 Å². The summed E-state index contributed by atoms with van der Waals surface area (Å²) >= 11 is 0. The highest BCUT2D eigenvalue weighted by Crippen LogP contribution is 2.43. The van der Waals surface area contributed by atoms with Gasteiger partial charge in [-0.2, -0.15) is 0 Å². The zero-order chi connectivity index (χ0) is 88.8. The fraction of sp³-hybridized carbons (Fsp3) is 0. The van der Waals surface area contributed by atoms with E-state index in [1.54, 1.807) is 37.2 Å². The summed E-state index contributed by atoms with van der Waals surface area (Å²) in [6.07, 6.45) is 10.4. The van der Waals surface area contributed by atoms with Gasteiger partial charge in [-0.05, 0) is 157 Å². The smallest absolute Gasteiger partial charge is 0.182 e. The minimum atomic E-state index is 0.434. The summed E-state index contributed by atoms with van der Waals surface area (Å²) in [6.45, 7) is 0. The Labute approximate surface area is 765 Å². The zero-order valence-electron chi connectivity index (χ0n) is 71.3. The van der Waals surface area contributed by atoms with E-state index in [0.29, 0.717) is 80.9 Å². The zero-order valence-corrected chi connectivity index (χ0v) is 71.3. The first-order valence-electron chi connectivity index (χ1n) is 43.8. The number of hydrogen-bond acceptors (Lipinski definition) is 19. The van der Waals surface area contributed by atoms with Gasteiger partial charge in [-0.25, -0.2) is 74.8 Å². The van der Waals surface area contributed by atoms with E-state index < -0.39 is 0 Å². The lowest BCUT2D eigenvalue weighted by atomic mass is 9.96. The van der Waals surface area contributed by atoms with Gasteiger partial charge in [0.2, 0.25) is 0 Å². The molecule has 13 aromatic heterocycles. The van der Waals surface area contributed by atoms with Crippen LogP contribution < -0.4 is 0 Å². The maximum atomic E-state index is 5.23. The summed E-state index contributed by atoms with van der Waals surface area (Å²) < 4.78 is 0. The van der Waals surface area contributed by atoms with Crippen molar-refractivity contribution >= 4 is 119 Å². The average Bonchev–Trinajstić information content (AvgIpc) is 0.743. The Balaban J connectivity index is 0.000000111. The SMILES string of the molecule is c1cc(-c2nc(-c3cccc4ccccc34)nc(-c3cccc4ccccc34)n2)nc(-c2nc3ccccc3c3c2ccc2ccccc23)c1.c1ccc(-c2nc(-c3ccccn3)nc(-c3cccc(-c4nc5ccccc5c5c4ccc4ccccc45)n3)n2)nc1.c1cncc(-c2nc(-c3cccnc3)nc(-c3cccc(-c4nc5ccccc5c5c4ccc4ccccc45)n3)n2)c1. The summed E-state index contributed by atoms with van der Waals surface area (Å²) in [6, 6.07) is 129. The second-order valence-corrected chi connectivity index (χ2v) is 32.2. The van der Waals surface area contributed by atoms with Gasteiger partial charge in [-0.15, -0.1) is 0 Å². The summed E-state index contributed by atoms with van der Waals surface area (Å²) in [7, 11) is 0. The minimum Gasteiger partial charge on any atom is -0.264 e. The van der Waals surface area contributed by atoms with Crippen molar-refractivity contribution in [3.63, 3.8) is 0 Å². The molecule has 0 unspecified atom stereocenters. The van der Waals surface area contributed by atoms with Crippen LogP contribution >= 0.6 is 0 Å². The molecule has 19 nitrogen and oxygen atoms in total. The molecule has 134 heavy (non-hydrogen) atoms. The number of para-hydroxylation sites is 3. The molecule has 0 amide bonds. The highest BCUT2D eigenvalue weighted by Gasteiger charge is 2.25. The molecule has 0 radical (unpaired) electrons. The van der Waals surface area contributed by atoms with E-state index in [9.17, 15) is 0 Å². The summed E-state index contributed by atoms with van der Waals surface area (Å²) in [5, 5.41) is 21.5. The van der Waals surface area contributed by atoms with Gasteiger partial charge in [0.05, 0.1) is 50.7 Å². The van der Waals surface area contributed by atoms with Gasteiger partial charge in [0.25, 0.3) is 0 Å². The third kappa shape index (κ3) is 14.8. The van der Waals surface area contributed by atoms with Crippen LogP contribution in [0.2, 0.25) is 0 Å². The number of fused-ring (bicyclic) bond motifs is 17. The van der Waals surface area contributed by atoms with E-state index in [1.165, 1.54) is 43.1 Å². The monoisotopic (exact) mass is 1720 g/mol. The summed E-state index contributed by atoms with van der Waals surface area (Å²) in [5.41, 5.74) is 14.1. The lowest BCUT2D eigenvalue weighted by Crippen LogP contribution is -2.03. The van der Waals surface area contributed by atoms with Crippen LogP contribution in [0.4, 0.5) is 0 Å². The number of nitrogens with zero attached hydrogens (tertiary/aromatic N) is 19. The first-order chi connectivity index (χ1) is 66.4. The molecule has 0 atom stereocenters. The fourth-order valence-electron chi connectivity index (χ4n) is 17.8. The molecule has 0 aliphatic rings. The maximum absolute atomic E-state index is 5.23. The first kappa shape index (κ1) is 78.7. The highest BCUT2D eigenvalue weighted by molar-refractivity contribution is 6.25. The molecular formula is C115H69N19. The van der Waals surface area contributed by atoms with Gasteiger partial charge < -0.3 is 0 Å². The van der Waals surface area contributed by atoms with E-state index in [4.69, 9.17) is 74.8 Å². The van der Waals surface area contributed by atoms with E-state index in [0.717, 1.165) is 132 Å². The Bertz CT molecular complexity index is 8520. The molecule has 0 bridgehead atoms. The molecule has 26 aromatic rings. The maximum Gasteiger partial charge on any atom is 0.182 e. The average molecular weight is 1720 g/mol. The molecule has 0 saturated carbocycles. The lowest BCUT2D eigenvalue weighted by molar-refractivity contribution is 1.03. The third-order valence-corrected chi connectivity index (χ3v) is 24.0. The Morgan fingerprint density at radius 2 is 0.410 bits per heavy atom. The second kappa shape index (κ2) is 34.1. The van der Waals surface area contributed by atoms with Crippen molar-refractivity contribution in [1.29, 1.82) is 0 Å². The highest BCUT2D eigenvalue weighted by atomic mass is 15.1. The fourth-order valence-corrected chi connectivity index (χ4v) is 17.8. The Kier molecular flexibility index (Phi) is 20.0. The second-order valence-electron chi connectivity index (χ2n) is 32.2. The van der Waals surface area contributed by atoms with Crippen LogP contribution in [0.15, 0.2) is 419 Å². The number of aromatic nitrogens is 19. The normalized spacial score (nSPS) is 11.4. The predicted octanol–water partition coefficient (Wildman–Crippen LogP) is 26.3. The van der Waals surface area contributed by atoms with Gasteiger partial charge in [-0.3, -0.25) is 19.9 Å². The molecule has 0 fully saturated rings. The van der Waals surface area contributed by atoms with Crippen molar-refractivity contribution < 1.29 is 0 Å². The van der Waals surface area contributed by atoms with E-state index in [2.05, 4.69) is 263 Å². The number of rotatable bonds is 12. The molecule has 624 valence electrons. The van der Waals surface area contributed by atoms with Crippen LogP contribution in [0.3, 0.4) is 0 Å². The van der Waals surface area contributed by atoms with Crippen molar-refractivity contribution in [2.45, 2.75) is 0 Å². The van der Waals surface area contributed by atoms with Crippen LogP contribution in [0, 0.1) is 0 Å². The number of benzene rings is 13. The molecule has 13 aromatic carbocycles. The molecule has 26 rings (SSSR count). The summed E-state index contributed by atoms with van der Waals surface area (Å²) in [4.78, 5) is 92.3. The van der Waals surface area contributed by atoms with Crippen LogP contribution in [-0.4, -0.2) is 94.7 Å². The molecule has 19 heteroatoms. The van der Waals surface area contributed by atoms with E-state index in [-0.39, 0.29) is 0 Å². The van der Waals surface area contributed by atoms with Gasteiger partial charge in [0.1, 0.15) is 28.5 Å². The van der Waals surface area contributed by atoms with Crippen LogP contribution in [0.1, 0.15) is 0 Å². The van der Waals surface area contributed by atoms with Crippen LogP contribution in [0.25, 0.3) is 256 Å². The molecule has 0 aliphatic heterocycles. The van der Waals surface area contributed by atoms with Crippen molar-refractivity contribution in [3.8, 4) is 137 Å². The van der Waals surface area contributed by atoms with E-state index >= 15 is 0 Å². The standard InChI is InChI=1S/C45H27N5.2C35H21N7/c1-4-17-31-28(12-1)15-9-21-34(31)43-48-44(35-22-10-16-29-13-2-5-18-32(29)35)50-45(49-43)40-25-11-24-39(46-40)42-37-27-26-30-14-3-6-19-33(30)41(37)36-20-7-8-23-38(36)47-42;1-2-11-25-22(8-1)16-17-27-31(25)26-12-3-4-13-28(26)39-32(27)29-14-5-15-30(38-29)35-41-33(23-9-6-18-36-20-23)40-34(42-35)24-10-7-19-37-21-24;1-2-11-23-22(10-1)18-19-25-31(23)24-12-3-4-13-26(24)39-32(25)27-16-9-17-30(38-27)35-41-33(28-14-5-7-20-36-28)40-34(42-35)29-15-6-8-21-37-29/h1-27H;2*1-21H.